The lowest BCUT2D eigenvalue weighted by Gasteiger charge is -2.34. The van der Waals surface area contributed by atoms with E-state index in [1.54, 1.807) is 0 Å². The van der Waals surface area contributed by atoms with Crippen molar-refractivity contribution in [3.05, 3.63) is 23.7 Å². The van der Waals surface area contributed by atoms with E-state index >= 15 is 0 Å². The van der Waals surface area contributed by atoms with Crippen molar-refractivity contribution in [2.45, 2.75) is 71.8 Å². The molecule has 0 amide bonds. The molecule has 3 atom stereocenters. The van der Waals surface area contributed by atoms with E-state index in [0.29, 0.717) is 6.04 Å². The fourth-order valence-corrected chi connectivity index (χ4v) is 3.56. The van der Waals surface area contributed by atoms with Crippen LogP contribution in [-0.4, -0.2) is 6.54 Å². The number of hydrogen-bond acceptors (Lipinski definition) is 2. The van der Waals surface area contributed by atoms with Crippen molar-refractivity contribution in [3.8, 4) is 0 Å². The van der Waals surface area contributed by atoms with Crippen LogP contribution in [0.4, 0.5) is 0 Å². The van der Waals surface area contributed by atoms with Gasteiger partial charge in [-0.05, 0) is 49.8 Å². The lowest BCUT2D eigenvalue weighted by molar-refractivity contribution is 0.192. The predicted octanol–water partition coefficient (Wildman–Crippen LogP) is 5.10. The van der Waals surface area contributed by atoms with Crippen molar-refractivity contribution in [1.29, 1.82) is 0 Å². The van der Waals surface area contributed by atoms with E-state index in [1.165, 1.54) is 38.5 Å². The van der Waals surface area contributed by atoms with E-state index in [2.05, 4.69) is 38.2 Å². The lowest BCUT2D eigenvalue weighted by atomic mass is 9.76. The average Bonchev–Trinajstić information content (AvgIpc) is 2.97. The molecule has 114 valence electrons. The highest BCUT2D eigenvalue weighted by atomic mass is 16.3. The third-order valence-corrected chi connectivity index (χ3v) is 4.82. The Morgan fingerprint density at radius 2 is 2.10 bits per heavy atom. The highest BCUT2D eigenvalue weighted by molar-refractivity contribution is 5.12. The molecule has 0 radical (unpaired) electrons. The van der Waals surface area contributed by atoms with Gasteiger partial charge in [0.05, 0.1) is 6.04 Å². The summed E-state index contributed by atoms with van der Waals surface area (Å²) in [5.41, 5.74) is 0. The van der Waals surface area contributed by atoms with Gasteiger partial charge in [0, 0.05) is 6.42 Å². The van der Waals surface area contributed by atoms with Crippen LogP contribution in [0.2, 0.25) is 0 Å². The van der Waals surface area contributed by atoms with Crippen LogP contribution in [-0.2, 0) is 6.42 Å². The molecule has 3 unspecified atom stereocenters. The maximum Gasteiger partial charge on any atom is 0.121 e. The SMILES string of the molecule is CCCNC(c1ccc(CC)o1)C1CCCC(CC)C1. The summed E-state index contributed by atoms with van der Waals surface area (Å²) in [4.78, 5) is 0. The molecule has 1 aromatic heterocycles. The van der Waals surface area contributed by atoms with Crippen molar-refractivity contribution in [2.24, 2.45) is 11.8 Å². The van der Waals surface area contributed by atoms with Crippen molar-refractivity contribution < 1.29 is 4.42 Å². The minimum atomic E-state index is 0.421. The Kier molecular flexibility index (Phi) is 6.15. The number of rotatable bonds is 7. The van der Waals surface area contributed by atoms with Crippen LogP contribution >= 0.6 is 0 Å². The molecule has 0 aliphatic heterocycles. The highest BCUT2D eigenvalue weighted by Crippen LogP contribution is 2.38. The smallest absolute Gasteiger partial charge is 0.121 e. The van der Waals surface area contributed by atoms with E-state index < -0.39 is 0 Å². The van der Waals surface area contributed by atoms with Crippen LogP contribution in [0.25, 0.3) is 0 Å². The van der Waals surface area contributed by atoms with E-state index in [4.69, 9.17) is 4.42 Å². The van der Waals surface area contributed by atoms with Gasteiger partial charge >= 0.3 is 0 Å². The second-order valence-corrected chi connectivity index (χ2v) is 6.29. The van der Waals surface area contributed by atoms with Gasteiger partial charge in [-0.2, -0.15) is 0 Å². The molecule has 2 heteroatoms. The Bertz CT molecular complexity index is 385. The van der Waals surface area contributed by atoms with Gasteiger partial charge < -0.3 is 9.73 Å². The lowest BCUT2D eigenvalue weighted by Crippen LogP contribution is -2.32. The molecule has 2 rings (SSSR count). The second kappa shape index (κ2) is 7.87. The van der Waals surface area contributed by atoms with Gasteiger partial charge in [-0.15, -0.1) is 0 Å². The fraction of sp³-hybridized carbons (Fsp3) is 0.778. The number of hydrogen-bond donors (Lipinski definition) is 1. The van der Waals surface area contributed by atoms with E-state index in [0.717, 1.165) is 36.3 Å². The van der Waals surface area contributed by atoms with Crippen molar-refractivity contribution in [2.75, 3.05) is 6.54 Å². The molecular formula is C18H31NO. The summed E-state index contributed by atoms with van der Waals surface area (Å²) in [7, 11) is 0. The van der Waals surface area contributed by atoms with Crippen LogP contribution in [0.15, 0.2) is 16.5 Å². The molecule has 0 spiro atoms. The first-order valence-corrected chi connectivity index (χ1v) is 8.60. The zero-order valence-electron chi connectivity index (χ0n) is 13.5. The molecule has 1 fully saturated rings. The standard InChI is InChI=1S/C18H31NO/c1-4-12-19-18(17-11-10-16(6-3)20-17)15-9-7-8-14(5-2)13-15/h10-11,14-15,18-19H,4-9,12-13H2,1-3H3. The average molecular weight is 277 g/mol. The summed E-state index contributed by atoms with van der Waals surface area (Å²) in [5, 5.41) is 3.74. The molecule has 2 nitrogen and oxygen atoms in total. The van der Waals surface area contributed by atoms with Gasteiger partial charge in [0.1, 0.15) is 11.5 Å². The summed E-state index contributed by atoms with van der Waals surface area (Å²) < 4.78 is 6.05. The van der Waals surface area contributed by atoms with Gasteiger partial charge in [-0.1, -0.05) is 40.0 Å². The molecule has 1 saturated carbocycles. The molecule has 1 aliphatic carbocycles. The summed E-state index contributed by atoms with van der Waals surface area (Å²) in [6, 6.07) is 4.77. The van der Waals surface area contributed by atoms with Crippen LogP contribution in [0, 0.1) is 11.8 Å². The summed E-state index contributed by atoms with van der Waals surface area (Å²) in [6.07, 6.45) is 9.01. The topological polar surface area (TPSA) is 25.2 Å². The third kappa shape index (κ3) is 3.88. The van der Waals surface area contributed by atoms with E-state index in [1.807, 2.05) is 0 Å². The monoisotopic (exact) mass is 277 g/mol. The van der Waals surface area contributed by atoms with Crippen LogP contribution < -0.4 is 5.32 Å². The number of aryl methyl sites for hydroxylation is 1. The molecular weight excluding hydrogens is 246 g/mol. The number of nitrogens with one attached hydrogen (secondary N) is 1. The Hall–Kier alpha value is -0.760. The van der Waals surface area contributed by atoms with Gasteiger partial charge in [-0.25, -0.2) is 0 Å². The molecule has 0 saturated heterocycles. The predicted molar refractivity (Wildman–Crippen MR) is 84.9 cm³/mol. The minimum Gasteiger partial charge on any atom is -0.464 e. The van der Waals surface area contributed by atoms with E-state index in [-0.39, 0.29) is 0 Å². The Morgan fingerprint density at radius 1 is 1.25 bits per heavy atom. The van der Waals surface area contributed by atoms with Crippen molar-refractivity contribution in [1.82, 2.24) is 5.32 Å². The van der Waals surface area contributed by atoms with Crippen LogP contribution in [0.1, 0.15) is 76.9 Å². The number of furan rings is 1. The normalized spacial score (nSPS) is 24.8. The summed E-state index contributed by atoms with van der Waals surface area (Å²) >= 11 is 0. The maximum atomic E-state index is 6.05. The van der Waals surface area contributed by atoms with Crippen molar-refractivity contribution >= 4 is 0 Å². The Balaban J connectivity index is 2.09. The van der Waals surface area contributed by atoms with Gasteiger partial charge in [0.2, 0.25) is 0 Å². The molecule has 1 heterocycles. The molecule has 0 aromatic carbocycles. The maximum absolute atomic E-state index is 6.05. The van der Waals surface area contributed by atoms with Crippen LogP contribution in [0.3, 0.4) is 0 Å². The fourth-order valence-electron chi connectivity index (χ4n) is 3.56. The molecule has 1 aromatic rings. The van der Waals surface area contributed by atoms with Gasteiger partial charge in [0.25, 0.3) is 0 Å². The highest BCUT2D eigenvalue weighted by Gasteiger charge is 2.30. The van der Waals surface area contributed by atoms with Gasteiger partial charge in [0.15, 0.2) is 0 Å². The minimum absolute atomic E-state index is 0.421. The summed E-state index contributed by atoms with van der Waals surface area (Å²) in [5.74, 6) is 3.94. The molecule has 1 aliphatic rings. The quantitative estimate of drug-likeness (QED) is 0.750. The second-order valence-electron chi connectivity index (χ2n) is 6.29. The molecule has 1 N–H and O–H groups in total. The Morgan fingerprint density at radius 3 is 2.75 bits per heavy atom. The first-order chi connectivity index (χ1) is 9.78. The largest absolute Gasteiger partial charge is 0.464 e. The third-order valence-electron chi connectivity index (χ3n) is 4.82. The zero-order valence-corrected chi connectivity index (χ0v) is 13.5. The van der Waals surface area contributed by atoms with Crippen LogP contribution in [0.5, 0.6) is 0 Å². The summed E-state index contributed by atoms with van der Waals surface area (Å²) in [6.45, 7) is 7.81. The van der Waals surface area contributed by atoms with E-state index in [9.17, 15) is 0 Å². The Labute approximate surface area is 124 Å². The molecule has 20 heavy (non-hydrogen) atoms. The first-order valence-electron chi connectivity index (χ1n) is 8.60. The van der Waals surface area contributed by atoms with Crippen molar-refractivity contribution in [3.63, 3.8) is 0 Å². The molecule has 0 bridgehead atoms. The first kappa shape index (κ1) is 15.6. The van der Waals surface area contributed by atoms with Gasteiger partial charge in [-0.3, -0.25) is 0 Å². The zero-order chi connectivity index (χ0) is 14.4.